The van der Waals surface area contributed by atoms with Crippen molar-refractivity contribution in [2.45, 2.75) is 32.6 Å². The van der Waals surface area contributed by atoms with E-state index in [4.69, 9.17) is 9.47 Å². The second-order valence-corrected chi connectivity index (χ2v) is 8.90. The van der Waals surface area contributed by atoms with Crippen molar-refractivity contribution in [3.63, 3.8) is 0 Å². The van der Waals surface area contributed by atoms with Crippen LogP contribution in [0.3, 0.4) is 0 Å². The summed E-state index contributed by atoms with van der Waals surface area (Å²) in [6, 6.07) is 0. The van der Waals surface area contributed by atoms with Crippen molar-refractivity contribution in [2.24, 2.45) is 35.5 Å². The summed E-state index contributed by atoms with van der Waals surface area (Å²) in [6.45, 7) is 14.7. The van der Waals surface area contributed by atoms with Gasteiger partial charge in [0.2, 0.25) is 0 Å². The fraction of sp³-hybridized carbons (Fsp3) is 0.600. The van der Waals surface area contributed by atoms with Crippen molar-refractivity contribution in [3.8, 4) is 0 Å². The molecule has 0 aromatic heterocycles. The van der Waals surface area contributed by atoms with Gasteiger partial charge in [0.1, 0.15) is 6.61 Å². The fourth-order valence-electron chi connectivity index (χ4n) is 4.76. The lowest BCUT2D eigenvalue weighted by Gasteiger charge is -2.16. The first kappa shape index (κ1) is 24.9. The Morgan fingerprint density at radius 3 is 2.35 bits per heavy atom. The van der Waals surface area contributed by atoms with Crippen molar-refractivity contribution in [1.82, 2.24) is 5.32 Å². The Hall–Kier alpha value is -2.34. The average molecular weight is 432 g/mol. The average Bonchev–Trinajstić information content (AvgIpc) is 3.36. The van der Waals surface area contributed by atoms with Crippen LogP contribution in [-0.2, 0) is 14.3 Å². The second-order valence-electron chi connectivity index (χ2n) is 8.90. The van der Waals surface area contributed by atoms with Crippen LogP contribution in [0.1, 0.15) is 32.6 Å². The van der Waals surface area contributed by atoms with Gasteiger partial charge in [-0.25, -0.2) is 9.59 Å². The molecule has 6 atom stereocenters. The Morgan fingerprint density at radius 2 is 1.71 bits per heavy atom. The molecule has 0 bridgehead atoms. The van der Waals surface area contributed by atoms with Crippen molar-refractivity contribution in [1.29, 1.82) is 0 Å². The molecule has 2 aliphatic carbocycles. The summed E-state index contributed by atoms with van der Waals surface area (Å²) in [5, 5.41) is 2.61. The van der Waals surface area contributed by atoms with Crippen molar-refractivity contribution >= 4 is 12.1 Å². The number of hydrogen-bond donors (Lipinski definition) is 2. The SMILES string of the molecule is C=CC1CC(/C=C\C2CC(C=C)C(COC(=O)NCCOC(=O)C(=C)C)C2)C(C[NH3+])C1. The molecule has 0 spiro atoms. The normalized spacial score (nSPS) is 30.1. The highest BCUT2D eigenvalue weighted by atomic mass is 16.6. The maximum atomic E-state index is 11.9. The lowest BCUT2D eigenvalue weighted by molar-refractivity contribution is -0.380. The minimum atomic E-state index is -0.493. The maximum Gasteiger partial charge on any atom is 0.407 e. The molecule has 0 aliphatic heterocycles. The second kappa shape index (κ2) is 12.5. The number of carbonyl (C=O) groups is 2. The Kier molecular flexibility index (Phi) is 10.0. The van der Waals surface area contributed by atoms with Crippen LogP contribution in [-0.4, -0.2) is 38.4 Å². The van der Waals surface area contributed by atoms with Gasteiger partial charge in [0.05, 0.1) is 19.7 Å². The first-order valence-electron chi connectivity index (χ1n) is 11.3. The van der Waals surface area contributed by atoms with Crippen LogP contribution in [0.15, 0.2) is 49.6 Å². The van der Waals surface area contributed by atoms with Crippen LogP contribution in [0.4, 0.5) is 4.79 Å². The van der Waals surface area contributed by atoms with E-state index in [2.05, 4.69) is 49.0 Å². The molecule has 1 amide bonds. The van der Waals surface area contributed by atoms with Crippen LogP contribution in [0.2, 0.25) is 0 Å². The summed E-state index contributed by atoms with van der Waals surface area (Å²) in [4.78, 5) is 23.2. The minimum Gasteiger partial charge on any atom is -0.460 e. The molecule has 6 heteroatoms. The van der Waals surface area contributed by atoms with Gasteiger partial charge in [-0.1, -0.05) is 30.9 Å². The number of esters is 1. The maximum absolute atomic E-state index is 11.9. The Labute approximate surface area is 186 Å². The number of quaternary nitrogens is 1. The topological polar surface area (TPSA) is 92.3 Å². The molecule has 6 unspecified atom stereocenters. The predicted octanol–water partition coefficient (Wildman–Crippen LogP) is 3.29. The van der Waals surface area contributed by atoms with Gasteiger partial charge in [-0.2, -0.15) is 0 Å². The van der Waals surface area contributed by atoms with E-state index >= 15 is 0 Å². The first-order chi connectivity index (χ1) is 14.9. The predicted molar refractivity (Wildman–Crippen MR) is 122 cm³/mol. The number of allylic oxidation sites excluding steroid dienone is 4. The summed E-state index contributed by atoms with van der Waals surface area (Å²) < 4.78 is 10.3. The van der Waals surface area contributed by atoms with Gasteiger partial charge in [-0.05, 0) is 56.3 Å². The highest BCUT2D eigenvalue weighted by Gasteiger charge is 2.34. The summed E-state index contributed by atoms with van der Waals surface area (Å²) in [7, 11) is 0. The highest BCUT2D eigenvalue weighted by Crippen LogP contribution is 2.41. The van der Waals surface area contributed by atoms with Gasteiger partial charge in [-0.15, -0.1) is 13.2 Å². The van der Waals surface area contributed by atoms with E-state index in [-0.39, 0.29) is 19.1 Å². The number of hydrogen-bond acceptors (Lipinski definition) is 4. The third kappa shape index (κ3) is 7.69. The van der Waals surface area contributed by atoms with Gasteiger partial charge < -0.3 is 20.5 Å². The first-order valence-corrected chi connectivity index (χ1v) is 11.3. The van der Waals surface area contributed by atoms with E-state index in [1.54, 1.807) is 6.92 Å². The standard InChI is InChI=1S/C25H38N2O4/c1-5-18-11-21(22(12-18)15-26)8-7-19-13-20(6-2)23(14-19)16-31-25(29)27-9-10-30-24(28)17(3)4/h5-8,18-23H,1-3,9-16,26H2,4H3,(H,27,29)/p+1/b8-7-. The summed E-state index contributed by atoms with van der Waals surface area (Å²) >= 11 is 0. The van der Waals surface area contributed by atoms with Crippen LogP contribution in [0.5, 0.6) is 0 Å². The van der Waals surface area contributed by atoms with Crippen molar-refractivity contribution in [3.05, 3.63) is 49.6 Å². The number of nitrogens with one attached hydrogen (secondary N) is 1. The van der Waals surface area contributed by atoms with Crippen molar-refractivity contribution < 1.29 is 24.8 Å². The summed E-state index contributed by atoms with van der Waals surface area (Å²) in [6.07, 6.45) is 12.7. The molecule has 0 heterocycles. The van der Waals surface area contributed by atoms with E-state index in [0.29, 0.717) is 41.8 Å². The van der Waals surface area contributed by atoms with Gasteiger partial charge >= 0.3 is 12.1 Å². The van der Waals surface area contributed by atoms with E-state index < -0.39 is 12.1 Å². The molecular formula is C25H39N2O4+. The molecule has 0 aromatic carbocycles. The zero-order chi connectivity index (χ0) is 22.8. The van der Waals surface area contributed by atoms with Crippen molar-refractivity contribution in [2.75, 3.05) is 26.3 Å². The molecule has 0 aromatic rings. The lowest BCUT2D eigenvalue weighted by Crippen LogP contribution is -2.54. The van der Waals surface area contributed by atoms with E-state index in [0.717, 1.165) is 19.4 Å². The fourth-order valence-corrected chi connectivity index (χ4v) is 4.76. The molecule has 2 rings (SSSR count). The number of ether oxygens (including phenoxy) is 2. The number of rotatable bonds is 11. The lowest BCUT2D eigenvalue weighted by atomic mass is 9.93. The Morgan fingerprint density at radius 1 is 1.00 bits per heavy atom. The van der Waals surface area contributed by atoms with Crippen LogP contribution in [0, 0.1) is 35.5 Å². The Balaban J connectivity index is 1.74. The molecule has 6 nitrogen and oxygen atoms in total. The zero-order valence-electron chi connectivity index (χ0n) is 18.9. The molecule has 0 saturated heterocycles. The number of alkyl carbamates (subject to hydrolysis) is 1. The minimum absolute atomic E-state index is 0.0918. The molecule has 172 valence electrons. The molecule has 2 saturated carbocycles. The molecule has 2 aliphatic rings. The number of carbonyl (C=O) groups excluding carboxylic acids is 2. The molecule has 0 radical (unpaired) electrons. The quantitative estimate of drug-likeness (QED) is 0.227. The summed E-state index contributed by atoms with van der Waals surface area (Å²) in [5.74, 6) is 2.47. The van der Waals surface area contributed by atoms with Gasteiger partial charge in [0, 0.05) is 17.4 Å². The third-order valence-corrected chi connectivity index (χ3v) is 6.59. The van der Waals surface area contributed by atoms with E-state index in [1.807, 2.05) is 6.08 Å². The van der Waals surface area contributed by atoms with Gasteiger partial charge in [-0.3, -0.25) is 0 Å². The van der Waals surface area contributed by atoms with E-state index in [9.17, 15) is 9.59 Å². The van der Waals surface area contributed by atoms with E-state index in [1.165, 1.54) is 12.8 Å². The molecule has 2 fully saturated rings. The van der Waals surface area contributed by atoms with Crippen LogP contribution < -0.4 is 11.1 Å². The van der Waals surface area contributed by atoms with Gasteiger partial charge in [0.25, 0.3) is 0 Å². The van der Waals surface area contributed by atoms with Crippen LogP contribution >= 0.6 is 0 Å². The molecule has 4 N–H and O–H groups in total. The zero-order valence-corrected chi connectivity index (χ0v) is 18.9. The number of amides is 1. The molecule has 31 heavy (non-hydrogen) atoms. The third-order valence-electron chi connectivity index (χ3n) is 6.59. The smallest absolute Gasteiger partial charge is 0.407 e. The van der Waals surface area contributed by atoms with Crippen LogP contribution in [0.25, 0.3) is 0 Å². The van der Waals surface area contributed by atoms with Gasteiger partial charge in [0.15, 0.2) is 0 Å². The molecular weight excluding hydrogens is 392 g/mol. The summed E-state index contributed by atoms with van der Waals surface area (Å²) in [5.41, 5.74) is 4.45. The monoisotopic (exact) mass is 431 g/mol. The largest absolute Gasteiger partial charge is 0.460 e. The highest BCUT2D eigenvalue weighted by molar-refractivity contribution is 5.86. The Bertz CT molecular complexity index is 687.